The molecule has 0 aliphatic carbocycles. The zero-order valence-corrected chi connectivity index (χ0v) is 9.49. The third kappa shape index (κ3) is 2.47. The Morgan fingerprint density at radius 3 is 2.71 bits per heavy atom. The van der Waals surface area contributed by atoms with Crippen LogP contribution in [0.25, 0.3) is 0 Å². The van der Waals surface area contributed by atoms with Crippen molar-refractivity contribution in [3.8, 4) is 0 Å². The van der Waals surface area contributed by atoms with Crippen LogP contribution in [0, 0.1) is 11.8 Å². The van der Waals surface area contributed by atoms with Gasteiger partial charge in [-0.05, 0) is 18.8 Å². The van der Waals surface area contributed by atoms with E-state index in [2.05, 4.69) is 6.92 Å². The van der Waals surface area contributed by atoms with Gasteiger partial charge in [-0.2, -0.15) is 0 Å². The molecule has 1 heterocycles. The monoisotopic (exact) mass is 198 g/mol. The molecule has 0 saturated carbocycles. The van der Waals surface area contributed by atoms with Crippen molar-refractivity contribution in [1.29, 1.82) is 0 Å². The van der Waals surface area contributed by atoms with Crippen molar-refractivity contribution in [2.24, 2.45) is 17.6 Å². The van der Waals surface area contributed by atoms with Gasteiger partial charge in [0, 0.05) is 25.0 Å². The predicted molar refractivity (Wildman–Crippen MR) is 57.8 cm³/mol. The Morgan fingerprint density at radius 2 is 2.21 bits per heavy atom. The quantitative estimate of drug-likeness (QED) is 0.725. The lowest BCUT2D eigenvalue weighted by molar-refractivity contribution is -0.138. The maximum absolute atomic E-state index is 11.8. The SMILES string of the molecule is CC1CCN(C(=O)C(C)C)C(CN)C1. The van der Waals surface area contributed by atoms with E-state index in [0.717, 1.165) is 19.4 Å². The van der Waals surface area contributed by atoms with Gasteiger partial charge in [-0.1, -0.05) is 20.8 Å². The lowest BCUT2D eigenvalue weighted by Gasteiger charge is -2.38. The molecule has 3 nitrogen and oxygen atoms in total. The van der Waals surface area contributed by atoms with Crippen molar-refractivity contribution in [2.75, 3.05) is 13.1 Å². The van der Waals surface area contributed by atoms with E-state index in [1.807, 2.05) is 18.7 Å². The number of hydrogen-bond donors (Lipinski definition) is 1. The molecule has 1 aliphatic heterocycles. The summed E-state index contributed by atoms with van der Waals surface area (Å²) in [7, 11) is 0. The fourth-order valence-corrected chi connectivity index (χ4v) is 2.10. The van der Waals surface area contributed by atoms with Crippen molar-refractivity contribution in [1.82, 2.24) is 4.90 Å². The second-order valence-electron chi connectivity index (χ2n) is 4.71. The van der Waals surface area contributed by atoms with E-state index >= 15 is 0 Å². The normalized spacial score (nSPS) is 28.2. The number of nitrogens with two attached hydrogens (primary N) is 1. The maximum atomic E-state index is 11.8. The minimum atomic E-state index is 0.0949. The Bertz CT molecular complexity index is 203. The first-order valence-corrected chi connectivity index (χ1v) is 5.56. The molecule has 0 aromatic rings. The summed E-state index contributed by atoms with van der Waals surface area (Å²) in [4.78, 5) is 13.8. The van der Waals surface area contributed by atoms with Crippen LogP contribution in [0.5, 0.6) is 0 Å². The van der Waals surface area contributed by atoms with Crippen molar-refractivity contribution < 1.29 is 4.79 Å². The summed E-state index contributed by atoms with van der Waals surface area (Å²) in [6, 6.07) is 0.272. The molecule has 2 N–H and O–H groups in total. The average Bonchev–Trinajstić information content (AvgIpc) is 2.16. The predicted octanol–water partition coefficient (Wildman–Crippen LogP) is 1.23. The van der Waals surface area contributed by atoms with E-state index in [9.17, 15) is 4.79 Å². The van der Waals surface area contributed by atoms with E-state index in [0.29, 0.717) is 12.5 Å². The van der Waals surface area contributed by atoms with E-state index in [1.165, 1.54) is 0 Å². The van der Waals surface area contributed by atoms with E-state index in [-0.39, 0.29) is 17.9 Å². The highest BCUT2D eigenvalue weighted by Gasteiger charge is 2.29. The Balaban J connectivity index is 2.63. The average molecular weight is 198 g/mol. The van der Waals surface area contributed by atoms with Crippen molar-refractivity contribution in [3.63, 3.8) is 0 Å². The van der Waals surface area contributed by atoms with Crippen LogP contribution >= 0.6 is 0 Å². The van der Waals surface area contributed by atoms with E-state index in [1.54, 1.807) is 0 Å². The van der Waals surface area contributed by atoms with E-state index in [4.69, 9.17) is 5.73 Å². The highest BCUT2D eigenvalue weighted by Crippen LogP contribution is 2.23. The molecule has 3 heteroatoms. The zero-order chi connectivity index (χ0) is 10.7. The highest BCUT2D eigenvalue weighted by atomic mass is 16.2. The molecule has 0 aromatic heterocycles. The first-order chi connectivity index (χ1) is 6.56. The molecule has 0 spiro atoms. The molecule has 2 atom stereocenters. The van der Waals surface area contributed by atoms with Gasteiger partial charge < -0.3 is 10.6 Å². The van der Waals surface area contributed by atoms with Crippen LogP contribution in [0.15, 0.2) is 0 Å². The van der Waals surface area contributed by atoms with Gasteiger partial charge in [0.25, 0.3) is 0 Å². The molecular weight excluding hydrogens is 176 g/mol. The smallest absolute Gasteiger partial charge is 0.225 e. The van der Waals surface area contributed by atoms with Gasteiger partial charge in [0.2, 0.25) is 5.91 Å². The summed E-state index contributed by atoms with van der Waals surface area (Å²) in [6.45, 7) is 7.63. The van der Waals surface area contributed by atoms with Crippen molar-refractivity contribution in [3.05, 3.63) is 0 Å². The molecule has 1 fully saturated rings. The number of amides is 1. The second-order valence-corrected chi connectivity index (χ2v) is 4.71. The van der Waals surface area contributed by atoms with Gasteiger partial charge in [-0.25, -0.2) is 0 Å². The second kappa shape index (κ2) is 4.78. The van der Waals surface area contributed by atoms with Gasteiger partial charge in [0.15, 0.2) is 0 Å². The Hall–Kier alpha value is -0.570. The molecule has 1 aliphatic rings. The standard InChI is InChI=1S/C11H22N2O/c1-8(2)11(14)13-5-4-9(3)6-10(13)7-12/h8-10H,4-7,12H2,1-3H3. The van der Waals surface area contributed by atoms with Gasteiger partial charge in [0.05, 0.1) is 0 Å². The van der Waals surface area contributed by atoms with Crippen LogP contribution in [0.4, 0.5) is 0 Å². The minimum absolute atomic E-state index is 0.0949. The maximum Gasteiger partial charge on any atom is 0.225 e. The molecule has 14 heavy (non-hydrogen) atoms. The van der Waals surface area contributed by atoms with Crippen molar-refractivity contribution in [2.45, 2.75) is 39.7 Å². The van der Waals surface area contributed by atoms with Crippen LogP contribution in [-0.4, -0.2) is 29.9 Å². The minimum Gasteiger partial charge on any atom is -0.338 e. The molecular formula is C11H22N2O. The van der Waals surface area contributed by atoms with Crippen LogP contribution in [0.3, 0.4) is 0 Å². The Kier molecular flexibility index (Phi) is 3.93. The van der Waals surface area contributed by atoms with Crippen LogP contribution in [0.1, 0.15) is 33.6 Å². The summed E-state index contributed by atoms with van der Waals surface area (Å²) < 4.78 is 0. The highest BCUT2D eigenvalue weighted by molar-refractivity contribution is 5.78. The summed E-state index contributed by atoms with van der Waals surface area (Å²) >= 11 is 0. The number of nitrogens with zero attached hydrogens (tertiary/aromatic N) is 1. The molecule has 1 amide bonds. The Labute approximate surface area is 86.6 Å². The number of carbonyl (C=O) groups excluding carboxylic acids is 1. The summed E-state index contributed by atoms with van der Waals surface area (Å²) in [5.41, 5.74) is 5.70. The molecule has 82 valence electrons. The largest absolute Gasteiger partial charge is 0.338 e. The summed E-state index contributed by atoms with van der Waals surface area (Å²) in [5.74, 6) is 1.06. The fourth-order valence-electron chi connectivity index (χ4n) is 2.10. The first kappa shape index (κ1) is 11.5. The molecule has 0 radical (unpaired) electrons. The lowest BCUT2D eigenvalue weighted by atomic mass is 9.91. The van der Waals surface area contributed by atoms with Crippen molar-refractivity contribution >= 4 is 5.91 Å². The number of likely N-dealkylation sites (tertiary alicyclic amines) is 1. The first-order valence-electron chi connectivity index (χ1n) is 5.56. The fraction of sp³-hybridized carbons (Fsp3) is 0.909. The van der Waals surface area contributed by atoms with Crippen LogP contribution in [0.2, 0.25) is 0 Å². The van der Waals surface area contributed by atoms with Crippen LogP contribution < -0.4 is 5.73 Å². The lowest BCUT2D eigenvalue weighted by Crippen LogP contribution is -2.50. The topological polar surface area (TPSA) is 46.3 Å². The Morgan fingerprint density at radius 1 is 1.57 bits per heavy atom. The molecule has 0 aromatic carbocycles. The number of carbonyl (C=O) groups is 1. The van der Waals surface area contributed by atoms with Gasteiger partial charge in [-0.3, -0.25) is 4.79 Å². The van der Waals surface area contributed by atoms with Gasteiger partial charge in [-0.15, -0.1) is 0 Å². The third-order valence-electron chi connectivity index (χ3n) is 3.03. The summed E-state index contributed by atoms with van der Waals surface area (Å²) in [5, 5.41) is 0. The summed E-state index contributed by atoms with van der Waals surface area (Å²) in [6.07, 6.45) is 2.18. The molecule has 1 saturated heterocycles. The number of hydrogen-bond acceptors (Lipinski definition) is 2. The van der Waals surface area contributed by atoms with Gasteiger partial charge >= 0.3 is 0 Å². The molecule has 1 rings (SSSR count). The number of piperidine rings is 1. The molecule has 2 unspecified atom stereocenters. The van der Waals surface area contributed by atoms with E-state index < -0.39 is 0 Å². The molecule has 0 bridgehead atoms. The number of rotatable bonds is 2. The van der Waals surface area contributed by atoms with Gasteiger partial charge in [0.1, 0.15) is 0 Å². The third-order valence-corrected chi connectivity index (χ3v) is 3.03. The van der Waals surface area contributed by atoms with Crippen LogP contribution in [-0.2, 0) is 4.79 Å². The zero-order valence-electron chi connectivity index (χ0n) is 9.49.